The maximum Gasteiger partial charge on any atom is 0.387 e. The van der Waals surface area contributed by atoms with Gasteiger partial charge in [0.15, 0.2) is 11.5 Å². The Morgan fingerprint density at radius 3 is 2.80 bits per heavy atom. The highest BCUT2D eigenvalue weighted by Gasteiger charge is 2.13. The standard InChI is InChI=1S/C17H13F2NO4S/c1-22-14-6-10(2-5-13(14)24-17(18)19)8-23-16(21)11-3-4-12-15(7-11)25-9-20-12/h2-7,9,17H,8H2,1H3. The monoisotopic (exact) mass is 365 g/mol. The van der Waals surface area contributed by atoms with E-state index < -0.39 is 12.6 Å². The number of carbonyl (C=O) groups excluding carboxylic acids is 1. The molecule has 0 atom stereocenters. The Hall–Kier alpha value is -2.74. The molecule has 0 unspecified atom stereocenters. The maximum atomic E-state index is 12.3. The molecule has 3 aromatic rings. The van der Waals surface area contributed by atoms with Crippen LogP contribution in [0.25, 0.3) is 10.2 Å². The van der Waals surface area contributed by atoms with Crippen LogP contribution in [0.5, 0.6) is 11.5 Å². The number of hydrogen-bond acceptors (Lipinski definition) is 6. The number of hydrogen-bond donors (Lipinski definition) is 0. The van der Waals surface area contributed by atoms with Gasteiger partial charge in [-0.25, -0.2) is 9.78 Å². The van der Waals surface area contributed by atoms with E-state index in [1.54, 1.807) is 23.7 Å². The number of fused-ring (bicyclic) bond motifs is 1. The van der Waals surface area contributed by atoms with E-state index in [-0.39, 0.29) is 18.1 Å². The van der Waals surface area contributed by atoms with Crippen LogP contribution in [-0.4, -0.2) is 24.7 Å². The smallest absolute Gasteiger partial charge is 0.387 e. The molecule has 0 saturated carbocycles. The van der Waals surface area contributed by atoms with Crippen LogP contribution in [0.3, 0.4) is 0 Å². The molecule has 0 aliphatic heterocycles. The minimum atomic E-state index is -2.95. The van der Waals surface area contributed by atoms with Gasteiger partial charge in [0.05, 0.1) is 28.4 Å². The van der Waals surface area contributed by atoms with E-state index in [9.17, 15) is 13.6 Å². The molecule has 0 spiro atoms. The van der Waals surface area contributed by atoms with Crippen LogP contribution in [0.1, 0.15) is 15.9 Å². The van der Waals surface area contributed by atoms with E-state index >= 15 is 0 Å². The van der Waals surface area contributed by atoms with Crippen LogP contribution >= 0.6 is 11.3 Å². The fourth-order valence-electron chi connectivity index (χ4n) is 2.21. The Balaban J connectivity index is 1.68. The zero-order valence-corrected chi connectivity index (χ0v) is 13.9. The Kier molecular flexibility index (Phi) is 5.08. The average Bonchev–Trinajstić information content (AvgIpc) is 3.07. The number of thiazole rings is 1. The molecule has 0 bridgehead atoms. The lowest BCUT2D eigenvalue weighted by molar-refractivity contribution is -0.0512. The molecule has 0 radical (unpaired) electrons. The molecule has 0 aliphatic rings. The largest absolute Gasteiger partial charge is 0.493 e. The van der Waals surface area contributed by atoms with Crippen molar-refractivity contribution in [2.75, 3.05) is 7.11 Å². The first-order valence-corrected chi connectivity index (χ1v) is 8.07. The second-order valence-corrected chi connectivity index (χ2v) is 5.86. The molecule has 1 heterocycles. The van der Waals surface area contributed by atoms with Crippen LogP contribution in [0, 0.1) is 0 Å². The van der Waals surface area contributed by atoms with Crippen LogP contribution in [-0.2, 0) is 11.3 Å². The summed E-state index contributed by atoms with van der Waals surface area (Å²) in [5.41, 5.74) is 3.53. The second-order valence-electron chi connectivity index (χ2n) is 4.97. The summed E-state index contributed by atoms with van der Waals surface area (Å²) in [5, 5.41) is 0. The lowest BCUT2D eigenvalue weighted by Crippen LogP contribution is -2.06. The number of esters is 1. The summed E-state index contributed by atoms with van der Waals surface area (Å²) in [6.07, 6.45) is 0. The number of aromatic nitrogens is 1. The second kappa shape index (κ2) is 7.43. The highest BCUT2D eigenvalue weighted by Crippen LogP contribution is 2.29. The average molecular weight is 365 g/mol. The van der Waals surface area contributed by atoms with Crippen molar-refractivity contribution in [3.63, 3.8) is 0 Å². The number of benzene rings is 2. The SMILES string of the molecule is COc1cc(COC(=O)c2ccc3ncsc3c2)ccc1OC(F)F. The van der Waals surface area contributed by atoms with Crippen LogP contribution in [0.4, 0.5) is 8.78 Å². The van der Waals surface area contributed by atoms with Crippen molar-refractivity contribution in [1.82, 2.24) is 4.98 Å². The van der Waals surface area contributed by atoms with Gasteiger partial charge in [0.2, 0.25) is 0 Å². The first kappa shape index (κ1) is 17.1. The number of rotatable bonds is 6. The first-order chi connectivity index (χ1) is 12.1. The molecular formula is C17H13F2NO4S. The zero-order chi connectivity index (χ0) is 17.8. The van der Waals surface area contributed by atoms with Gasteiger partial charge in [0, 0.05) is 0 Å². The van der Waals surface area contributed by atoms with Gasteiger partial charge in [-0.05, 0) is 35.9 Å². The van der Waals surface area contributed by atoms with E-state index in [1.165, 1.54) is 36.6 Å². The van der Waals surface area contributed by atoms with Gasteiger partial charge in [-0.2, -0.15) is 8.78 Å². The van der Waals surface area contributed by atoms with Gasteiger partial charge in [-0.15, -0.1) is 11.3 Å². The van der Waals surface area contributed by atoms with Gasteiger partial charge in [0.25, 0.3) is 0 Å². The third-order valence-electron chi connectivity index (χ3n) is 3.38. The van der Waals surface area contributed by atoms with E-state index in [4.69, 9.17) is 9.47 Å². The molecule has 0 N–H and O–H groups in total. The Morgan fingerprint density at radius 1 is 1.20 bits per heavy atom. The quantitative estimate of drug-likeness (QED) is 0.611. The number of methoxy groups -OCH3 is 1. The van der Waals surface area contributed by atoms with Crippen LogP contribution in [0.2, 0.25) is 0 Å². The molecule has 0 fully saturated rings. The third kappa shape index (κ3) is 4.03. The normalized spacial score (nSPS) is 10.9. The molecule has 1 aromatic heterocycles. The third-order valence-corrected chi connectivity index (χ3v) is 4.17. The molecule has 3 rings (SSSR count). The Labute approximate surface area is 145 Å². The molecule has 130 valence electrons. The fourth-order valence-corrected chi connectivity index (χ4v) is 2.93. The zero-order valence-electron chi connectivity index (χ0n) is 13.1. The summed E-state index contributed by atoms with van der Waals surface area (Å²) in [4.78, 5) is 16.3. The van der Waals surface area contributed by atoms with Crippen molar-refractivity contribution in [2.45, 2.75) is 13.2 Å². The maximum absolute atomic E-state index is 12.3. The predicted molar refractivity (Wildman–Crippen MR) is 88.4 cm³/mol. The van der Waals surface area contributed by atoms with Gasteiger partial charge in [-0.3, -0.25) is 0 Å². The minimum Gasteiger partial charge on any atom is -0.493 e. The summed E-state index contributed by atoms with van der Waals surface area (Å²) in [6.45, 7) is -2.97. The minimum absolute atomic E-state index is 0.0229. The van der Waals surface area contributed by atoms with E-state index in [2.05, 4.69) is 9.72 Å². The highest BCUT2D eigenvalue weighted by molar-refractivity contribution is 7.16. The molecule has 0 amide bonds. The molecule has 0 saturated heterocycles. The molecule has 5 nitrogen and oxygen atoms in total. The fraction of sp³-hybridized carbons (Fsp3) is 0.176. The molecule has 8 heteroatoms. The number of nitrogens with zero attached hydrogens (tertiary/aromatic N) is 1. The van der Waals surface area contributed by atoms with Crippen molar-refractivity contribution in [3.05, 3.63) is 53.0 Å². The van der Waals surface area contributed by atoms with E-state index in [0.717, 1.165) is 10.2 Å². The summed E-state index contributed by atoms with van der Waals surface area (Å²) < 4.78 is 40.1. The Bertz CT molecular complexity index is 897. The molecule has 0 aliphatic carbocycles. The van der Waals surface area contributed by atoms with Gasteiger partial charge in [0.1, 0.15) is 6.61 Å². The molecule has 25 heavy (non-hydrogen) atoms. The summed E-state index contributed by atoms with van der Waals surface area (Å²) in [7, 11) is 1.34. The highest BCUT2D eigenvalue weighted by atomic mass is 32.1. The summed E-state index contributed by atoms with van der Waals surface area (Å²) in [6, 6.07) is 9.47. The number of halogens is 2. The number of ether oxygens (including phenoxy) is 3. The molecular weight excluding hydrogens is 352 g/mol. The topological polar surface area (TPSA) is 57.7 Å². The van der Waals surface area contributed by atoms with Crippen molar-refractivity contribution < 1.29 is 27.8 Å². The lowest BCUT2D eigenvalue weighted by Gasteiger charge is -2.11. The van der Waals surface area contributed by atoms with Gasteiger partial charge >= 0.3 is 12.6 Å². The van der Waals surface area contributed by atoms with Gasteiger partial charge < -0.3 is 14.2 Å². The first-order valence-electron chi connectivity index (χ1n) is 7.19. The predicted octanol–water partition coefficient (Wildman–Crippen LogP) is 4.26. The number of alkyl halides is 2. The molecule has 2 aromatic carbocycles. The van der Waals surface area contributed by atoms with E-state index in [0.29, 0.717) is 11.1 Å². The van der Waals surface area contributed by atoms with Crippen molar-refractivity contribution in [2.24, 2.45) is 0 Å². The van der Waals surface area contributed by atoms with Crippen LogP contribution in [0.15, 0.2) is 41.9 Å². The van der Waals surface area contributed by atoms with Crippen LogP contribution < -0.4 is 9.47 Å². The van der Waals surface area contributed by atoms with Crippen molar-refractivity contribution in [3.8, 4) is 11.5 Å². The summed E-state index contributed by atoms with van der Waals surface area (Å²) in [5.74, 6) is -0.426. The lowest BCUT2D eigenvalue weighted by atomic mass is 10.2. The van der Waals surface area contributed by atoms with E-state index in [1.807, 2.05) is 0 Å². The Morgan fingerprint density at radius 2 is 2.04 bits per heavy atom. The number of carbonyl (C=O) groups is 1. The summed E-state index contributed by atoms with van der Waals surface area (Å²) >= 11 is 1.43. The van der Waals surface area contributed by atoms with Crippen molar-refractivity contribution >= 4 is 27.5 Å². The van der Waals surface area contributed by atoms with Gasteiger partial charge in [-0.1, -0.05) is 6.07 Å². The van der Waals surface area contributed by atoms with Crippen molar-refractivity contribution in [1.29, 1.82) is 0 Å².